The Morgan fingerprint density at radius 1 is 1.27 bits per heavy atom. The summed E-state index contributed by atoms with van der Waals surface area (Å²) in [5.74, 6) is -1.63. The fourth-order valence-electron chi connectivity index (χ4n) is 2.21. The van der Waals surface area contributed by atoms with Crippen LogP contribution in [0, 0.1) is 5.82 Å². The number of hydrogen-bond donors (Lipinski definition) is 1. The van der Waals surface area contributed by atoms with Crippen LogP contribution in [0.15, 0.2) is 24.3 Å². The van der Waals surface area contributed by atoms with Crippen molar-refractivity contribution in [3.8, 4) is 0 Å². The highest BCUT2D eigenvalue weighted by atomic mass is 32.2. The van der Waals surface area contributed by atoms with Crippen LogP contribution in [0.1, 0.15) is 33.3 Å². The van der Waals surface area contributed by atoms with Gasteiger partial charge in [-0.3, -0.25) is 4.79 Å². The molecule has 1 rings (SSSR count). The lowest BCUT2D eigenvalue weighted by molar-refractivity contribution is -0.120. The van der Waals surface area contributed by atoms with E-state index in [1.165, 1.54) is 16.4 Å². The highest BCUT2D eigenvalue weighted by molar-refractivity contribution is 7.89. The van der Waals surface area contributed by atoms with Crippen molar-refractivity contribution >= 4 is 15.9 Å². The molecule has 0 aliphatic carbocycles. The second-order valence-corrected chi connectivity index (χ2v) is 7.49. The molecule has 0 unspecified atom stereocenters. The molecule has 5 nitrogen and oxygen atoms in total. The molecule has 1 aromatic rings. The molecule has 22 heavy (non-hydrogen) atoms. The van der Waals surface area contributed by atoms with Crippen LogP contribution in [-0.4, -0.2) is 37.5 Å². The topological polar surface area (TPSA) is 66.5 Å². The monoisotopic (exact) mass is 330 g/mol. The minimum Gasteiger partial charge on any atom is -0.346 e. The SMILES string of the molecule is CCN(CC)S(=O)(=O)CC(=O)NC(C)(C)c1cccc(F)c1. The molecular weight excluding hydrogens is 307 g/mol. The van der Waals surface area contributed by atoms with Gasteiger partial charge in [-0.25, -0.2) is 17.1 Å². The lowest BCUT2D eigenvalue weighted by Crippen LogP contribution is -2.46. The molecule has 7 heteroatoms. The zero-order valence-electron chi connectivity index (χ0n) is 13.4. The molecule has 1 N–H and O–H groups in total. The number of nitrogens with one attached hydrogen (secondary N) is 1. The van der Waals surface area contributed by atoms with E-state index in [2.05, 4.69) is 5.32 Å². The molecule has 1 aromatic carbocycles. The molecule has 0 atom stereocenters. The molecule has 0 spiro atoms. The van der Waals surface area contributed by atoms with Crippen LogP contribution >= 0.6 is 0 Å². The first-order valence-corrected chi connectivity index (χ1v) is 8.78. The summed E-state index contributed by atoms with van der Waals surface area (Å²) in [5.41, 5.74) is -0.293. The Balaban J connectivity index is 2.84. The fraction of sp³-hybridized carbons (Fsp3) is 0.533. The maximum atomic E-state index is 13.3. The van der Waals surface area contributed by atoms with Crippen molar-refractivity contribution < 1.29 is 17.6 Å². The number of halogens is 1. The first-order valence-electron chi connectivity index (χ1n) is 7.17. The second kappa shape index (κ2) is 7.19. The van der Waals surface area contributed by atoms with E-state index in [0.29, 0.717) is 18.7 Å². The lowest BCUT2D eigenvalue weighted by atomic mass is 9.94. The summed E-state index contributed by atoms with van der Waals surface area (Å²) in [5, 5.41) is 2.65. The standard InChI is InChI=1S/C15H23FN2O3S/c1-5-18(6-2)22(20,21)11-14(19)17-15(3,4)12-8-7-9-13(16)10-12/h7-10H,5-6,11H2,1-4H3,(H,17,19). The van der Waals surface area contributed by atoms with Gasteiger partial charge in [0.25, 0.3) is 0 Å². The molecule has 0 aliphatic rings. The van der Waals surface area contributed by atoms with E-state index in [1.54, 1.807) is 39.8 Å². The van der Waals surface area contributed by atoms with E-state index < -0.39 is 33.0 Å². The van der Waals surface area contributed by atoms with Gasteiger partial charge in [0.15, 0.2) is 0 Å². The maximum Gasteiger partial charge on any atom is 0.237 e. The van der Waals surface area contributed by atoms with Gasteiger partial charge in [-0.15, -0.1) is 0 Å². The van der Waals surface area contributed by atoms with Gasteiger partial charge in [-0.1, -0.05) is 26.0 Å². The van der Waals surface area contributed by atoms with Crippen molar-refractivity contribution in [1.82, 2.24) is 9.62 Å². The number of sulfonamides is 1. The predicted octanol–water partition coefficient (Wildman–Crippen LogP) is 1.85. The third kappa shape index (κ3) is 4.78. The van der Waals surface area contributed by atoms with E-state index in [0.717, 1.165) is 0 Å². The Hall–Kier alpha value is -1.47. The summed E-state index contributed by atoms with van der Waals surface area (Å²) in [7, 11) is -3.64. The van der Waals surface area contributed by atoms with Crippen molar-refractivity contribution in [2.24, 2.45) is 0 Å². The molecule has 124 valence electrons. The number of nitrogens with zero attached hydrogens (tertiary/aromatic N) is 1. The summed E-state index contributed by atoms with van der Waals surface area (Å²) in [6.45, 7) is 7.47. The van der Waals surface area contributed by atoms with Gasteiger partial charge in [0.1, 0.15) is 11.6 Å². The Bertz CT molecular complexity index is 625. The molecule has 0 heterocycles. The molecular formula is C15H23FN2O3S. The van der Waals surface area contributed by atoms with Crippen LogP contribution in [-0.2, 0) is 20.4 Å². The maximum absolute atomic E-state index is 13.3. The molecule has 0 aromatic heterocycles. The molecule has 0 aliphatic heterocycles. The zero-order chi connectivity index (χ0) is 17.0. The van der Waals surface area contributed by atoms with Crippen LogP contribution in [0.5, 0.6) is 0 Å². The first-order chi connectivity index (χ1) is 10.1. The highest BCUT2D eigenvalue weighted by Crippen LogP contribution is 2.20. The van der Waals surface area contributed by atoms with Crippen molar-refractivity contribution in [2.75, 3.05) is 18.8 Å². The fourth-order valence-corrected chi connectivity index (χ4v) is 3.58. The summed E-state index contributed by atoms with van der Waals surface area (Å²) < 4.78 is 38.7. The largest absolute Gasteiger partial charge is 0.346 e. The quantitative estimate of drug-likeness (QED) is 0.830. The van der Waals surface area contributed by atoms with Gasteiger partial charge < -0.3 is 5.32 Å². The number of carbonyl (C=O) groups is 1. The van der Waals surface area contributed by atoms with E-state index in [9.17, 15) is 17.6 Å². The number of hydrogen-bond acceptors (Lipinski definition) is 3. The van der Waals surface area contributed by atoms with E-state index in [1.807, 2.05) is 0 Å². The predicted molar refractivity (Wildman–Crippen MR) is 84.3 cm³/mol. The first kappa shape index (κ1) is 18.6. The molecule has 0 radical (unpaired) electrons. The van der Waals surface area contributed by atoms with Crippen LogP contribution < -0.4 is 5.32 Å². The third-order valence-electron chi connectivity index (χ3n) is 3.41. The van der Waals surface area contributed by atoms with Crippen LogP contribution in [0.3, 0.4) is 0 Å². The second-order valence-electron chi connectivity index (χ2n) is 5.52. The van der Waals surface area contributed by atoms with E-state index >= 15 is 0 Å². The smallest absolute Gasteiger partial charge is 0.237 e. The van der Waals surface area contributed by atoms with Gasteiger partial charge in [0, 0.05) is 13.1 Å². The van der Waals surface area contributed by atoms with Crippen LogP contribution in [0.4, 0.5) is 4.39 Å². The average Bonchev–Trinajstić information content (AvgIpc) is 2.38. The molecule has 0 fully saturated rings. The Morgan fingerprint density at radius 3 is 2.36 bits per heavy atom. The third-order valence-corrected chi connectivity index (χ3v) is 5.34. The summed E-state index contributed by atoms with van der Waals surface area (Å²) in [6, 6.07) is 5.86. The molecule has 0 saturated carbocycles. The molecule has 1 amide bonds. The average molecular weight is 330 g/mol. The Kier molecular flexibility index (Phi) is 6.08. The minimum atomic E-state index is -3.64. The minimum absolute atomic E-state index is 0.319. The van der Waals surface area contributed by atoms with Crippen molar-refractivity contribution in [2.45, 2.75) is 33.2 Å². The van der Waals surface area contributed by atoms with Crippen molar-refractivity contribution in [1.29, 1.82) is 0 Å². The van der Waals surface area contributed by atoms with Gasteiger partial charge in [0.05, 0.1) is 5.54 Å². The molecule has 0 saturated heterocycles. The van der Waals surface area contributed by atoms with E-state index in [4.69, 9.17) is 0 Å². The highest BCUT2D eigenvalue weighted by Gasteiger charge is 2.28. The summed E-state index contributed by atoms with van der Waals surface area (Å²) in [6.07, 6.45) is 0. The normalized spacial score (nSPS) is 12.5. The van der Waals surface area contributed by atoms with Crippen LogP contribution in [0.25, 0.3) is 0 Å². The number of benzene rings is 1. The van der Waals surface area contributed by atoms with Gasteiger partial charge in [-0.05, 0) is 31.5 Å². The van der Waals surface area contributed by atoms with Crippen molar-refractivity contribution in [3.63, 3.8) is 0 Å². The lowest BCUT2D eigenvalue weighted by Gasteiger charge is -2.27. The van der Waals surface area contributed by atoms with Gasteiger partial charge in [0.2, 0.25) is 15.9 Å². The van der Waals surface area contributed by atoms with Gasteiger partial charge in [-0.2, -0.15) is 0 Å². The van der Waals surface area contributed by atoms with Crippen LogP contribution in [0.2, 0.25) is 0 Å². The summed E-state index contributed by atoms with van der Waals surface area (Å²) >= 11 is 0. The zero-order valence-corrected chi connectivity index (χ0v) is 14.2. The summed E-state index contributed by atoms with van der Waals surface area (Å²) in [4.78, 5) is 12.1. The van der Waals surface area contributed by atoms with E-state index in [-0.39, 0.29) is 0 Å². The Labute approximate surface area is 131 Å². The number of amides is 1. The number of rotatable bonds is 7. The number of carbonyl (C=O) groups excluding carboxylic acids is 1. The van der Waals surface area contributed by atoms with Gasteiger partial charge >= 0.3 is 0 Å². The van der Waals surface area contributed by atoms with Crippen molar-refractivity contribution in [3.05, 3.63) is 35.6 Å². The molecule has 0 bridgehead atoms. The Morgan fingerprint density at radius 2 is 1.86 bits per heavy atom.